The Morgan fingerprint density at radius 3 is 2.23 bits per heavy atom. The van der Waals surface area contributed by atoms with Gasteiger partial charge in [-0.25, -0.2) is 4.79 Å². The van der Waals surface area contributed by atoms with E-state index in [1.165, 1.54) is 17.5 Å². The number of ether oxygens (including phenoxy) is 2. The van der Waals surface area contributed by atoms with Gasteiger partial charge < -0.3 is 35.2 Å². The minimum atomic E-state index is -2.74. The SMILES string of the molecule is CCOCC1(CCc2ccccc2)CCN(Cc2ccc3c(c2)OCC(=O)N3)CC1.O=C(O)CC(O)(CC(=O)O)C(=O)O. The number of nitrogens with one attached hydrogen (secondary N) is 1. The lowest BCUT2D eigenvalue weighted by Gasteiger charge is -2.42. The van der Waals surface area contributed by atoms with Crippen LogP contribution in [-0.2, 0) is 36.9 Å². The lowest BCUT2D eigenvalue weighted by molar-refractivity contribution is -0.170. The van der Waals surface area contributed by atoms with E-state index in [0.717, 1.165) is 63.5 Å². The molecule has 0 radical (unpaired) electrons. The van der Waals surface area contributed by atoms with Crippen molar-refractivity contribution in [1.29, 1.82) is 0 Å². The van der Waals surface area contributed by atoms with Gasteiger partial charge in [-0.3, -0.25) is 19.3 Å². The van der Waals surface area contributed by atoms with Crippen molar-refractivity contribution in [1.82, 2.24) is 4.90 Å². The molecule has 5 N–H and O–H groups in total. The van der Waals surface area contributed by atoms with Crippen LogP contribution in [0.25, 0.3) is 0 Å². The Morgan fingerprint density at radius 1 is 1.00 bits per heavy atom. The second-order valence-electron chi connectivity index (χ2n) is 11.0. The topological polar surface area (TPSA) is 183 Å². The van der Waals surface area contributed by atoms with Gasteiger partial charge in [0.05, 0.1) is 25.1 Å². The van der Waals surface area contributed by atoms with Crippen molar-refractivity contribution < 1.29 is 49.1 Å². The molecule has 2 aromatic carbocycles. The highest BCUT2D eigenvalue weighted by Gasteiger charge is 2.41. The number of hydrogen-bond acceptors (Lipinski definition) is 8. The van der Waals surface area contributed by atoms with E-state index in [9.17, 15) is 19.2 Å². The molecule has 1 amide bonds. The molecule has 43 heavy (non-hydrogen) atoms. The second kappa shape index (κ2) is 15.5. The molecule has 1 saturated heterocycles. The Kier molecular flexibility index (Phi) is 12.0. The number of aryl methyl sites for hydroxylation is 1. The van der Waals surface area contributed by atoms with E-state index in [-0.39, 0.29) is 17.9 Å². The Balaban J connectivity index is 0.000000331. The Bertz CT molecular complexity index is 1240. The van der Waals surface area contributed by atoms with Crippen molar-refractivity contribution in [2.45, 2.75) is 57.6 Å². The molecule has 1 fully saturated rings. The molecule has 0 aromatic heterocycles. The number of carboxylic acid groups (broad SMARTS) is 3. The number of likely N-dealkylation sites (tertiary alicyclic amines) is 1. The van der Waals surface area contributed by atoms with Crippen LogP contribution in [0.15, 0.2) is 48.5 Å². The van der Waals surface area contributed by atoms with E-state index in [1.807, 2.05) is 6.07 Å². The summed E-state index contributed by atoms with van der Waals surface area (Å²) in [6.07, 6.45) is 2.33. The summed E-state index contributed by atoms with van der Waals surface area (Å²) in [5.74, 6) is -4.33. The van der Waals surface area contributed by atoms with Crippen LogP contribution in [0.5, 0.6) is 5.75 Å². The smallest absolute Gasteiger partial charge is 0.336 e. The summed E-state index contributed by atoms with van der Waals surface area (Å²) in [6, 6.07) is 16.9. The van der Waals surface area contributed by atoms with Crippen LogP contribution in [0, 0.1) is 5.41 Å². The number of benzene rings is 2. The molecule has 234 valence electrons. The van der Waals surface area contributed by atoms with Crippen LogP contribution in [0.1, 0.15) is 50.2 Å². The van der Waals surface area contributed by atoms with Gasteiger partial charge in [-0.15, -0.1) is 0 Å². The van der Waals surface area contributed by atoms with Crippen LogP contribution in [0.4, 0.5) is 5.69 Å². The number of fused-ring (bicyclic) bond motifs is 1. The Morgan fingerprint density at radius 2 is 1.65 bits per heavy atom. The lowest BCUT2D eigenvalue weighted by atomic mass is 9.74. The number of carbonyl (C=O) groups is 4. The zero-order valence-corrected chi connectivity index (χ0v) is 24.3. The molecule has 12 heteroatoms. The average molecular weight is 601 g/mol. The minimum absolute atomic E-state index is 0.0904. The van der Waals surface area contributed by atoms with Crippen LogP contribution < -0.4 is 10.1 Å². The molecule has 0 aliphatic carbocycles. The van der Waals surface area contributed by atoms with Crippen molar-refractivity contribution >= 4 is 29.5 Å². The lowest BCUT2D eigenvalue weighted by Crippen LogP contribution is -2.42. The maximum absolute atomic E-state index is 11.5. The first-order valence-corrected chi connectivity index (χ1v) is 14.2. The van der Waals surface area contributed by atoms with Crippen molar-refractivity contribution in [2.24, 2.45) is 5.41 Å². The molecule has 2 aliphatic heterocycles. The van der Waals surface area contributed by atoms with Gasteiger partial charge in [-0.05, 0) is 74.4 Å². The standard InChI is InChI=1S/C25H32N2O3.C6H8O7/c1-2-29-19-25(11-10-20-6-4-3-5-7-20)12-14-27(15-13-25)17-21-8-9-22-23(16-21)30-18-24(28)26-22;7-3(8)1-6(13,5(11)12)2-4(9)10/h3-9,16H,2,10-15,17-19H2,1H3,(H,26,28);13H,1-2H2,(H,7,8)(H,9,10)(H,11,12). The summed E-state index contributed by atoms with van der Waals surface area (Å²) in [5.41, 5.74) is 0.942. The first-order valence-electron chi connectivity index (χ1n) is 14.2. The highest BCUT2D eigenvalue weighted by atomic mass is 16.5. The van der Waals surface area contributed by atoms with E-state index in [1.54, 1.807) is 0 Å². The quantitative estimate of drug-likeness (QED) is 0.228. The summed E-state index contributed by atoms with van der Waals surface area (Å²) in [6.45, 7) is 6.89. The summed E-state index contributed by atoms with van der Waals surface area (Å²) in [4.78, 5) is 44.5. The van der Waals surface area contributed by atoms with Gasteiger partial charge in [0.25, 0.3) is 5.91 Å². The van der Waals surface area contributed by atoms with Gasteiger partial charge in [0.15, 0.2) is 12.2 Å². The fourth-order valence-corrected chi connectivity index (χ4v) is 5.21. The third kappa shape index (κ3) is 10.3. The molecular formula is C31H40N2O10. The number of anilines is 1. The molecule has 2 aliphatic rings. The fourth-order valence-electron chi connectivity index (χ4n) is 5.21. The van der Waals surface area contributed by atoms with Crippen LogP contribution in [-0.4, -0.2) is 87.7 Å². The summed E-state index contributed by atoms with van der Waals surface area (Å²) < 4.78 is 11.5. The number of rotatable bonds is 13. The van der Waals surface area contributed by atoms with Crippen molar-refractivity contribution in [2.75, 3.05) is 38.2 Å². The van der Waals surface area contributed by atoms with Crippen molar-refractivity contribution in [3.05, 3.63) is 59.7 Å². The molecule has 0 bridgehead atoms. The molecule has 12 nitrogen and oxygen atoms in total. The van der Waals surface area contributed by atoms with Gasteiger partial charge in [0.1, 0.15) is 5.75 Å². The zero-order chi connectivity index (χ0) is 31.5. The molecule has 0 spiro atoms. The van der Waals surface area contributed by atoms with E-state index in [4.69, 9.17) is 29.9 Å². The molecule has 2 heterocycles. The van der Waals surface area contributed by atoms with Gasteiger partial charge >= 0.3 is 17.9 Å². The zero-order valence-electron chi connectivity index (χ0n) is 24.3. The predicted octanol–water partition coefficient (Wildman–Crippen LogP) is 3.02. The average Bonchev–Trinajstić information content (AvgIpc) is 2.96. The Labute approximate surface area is 250 Å². The Hall–Kier alpha value is -4.00. The number of aliphatic hydroxyl groups is 1. The predicted molar refractivity (Wildman–Crippen MR) is 156 cm³/mol. The first-order chi connectivity index (χ1) is 20.4. The van der Waals surface area contributed by atoms with E-state index >= 15 is 0 Å². The number of hydrogen-bond donors (Lipinski definition) is 5. The fraction of sp³-hybridized carbons (Fsp3) is 0.484. The normalized spacial score (nSPS) is 16.1. The summed E-state index contributed by atoms with van der Waals surface area (Å²) in [7, 11) is 0. The number of carbonyl (C=O) groups excluding carboxylic acids is 1. The van der Waals surface area contributed by atoms with Crippen molar-refractivity contribution in [3.8, 4) is 5.75 Å². The second-order valence-corrected chi connectivity index (χ2v) is 11.0. The maximum atomic E-state index is 11.5. The van der Waals surface area contributed by atoms with Crippen LogP contribution >= 0.6 is 0 Å². The molecule has 0 saturated carbocycles. The monoisotopic (exact) mass is 600 g/mol. The molecule has 0 unspecified atom stereocenters. The highest BCUT2D eigenvalue weighted by molar-refractivity contribution is 5.95. The highest BCUT2D eigenvalue weighted by Crippen LogP contribution is 2.37. The number of piperidine rings is 1. The summed E-state index contributed by atoms with van der Waals surface area (Å²) in [5, 5.41) is 36.7. The van der Waals surface area contributed by atoms with E-state index < -0.39 is 36.4 Å². The molecule has 2 aromatic rings. The van der Waals surface area contributed by atoms with Crippen molar-refractivity contribution in [3.63, 3.8) is 0 Å². The number of amides is 1. The van der Waals surface area contributed by atoms with Gasteiger partial charge in [-0.2, -0.15) is 0 Å². The van der Waals surface area contributed by atoms with Gasteiger partial charge in [-0.1, -0.05) is 36.4 Å². The van der Waals surface area contributed by atoms with Gasteiger partial charge in [0.2, 0.25) is 0 Å². The number of aliphatic carboxylic acids is 3. The summed E-state index contributed by atoms with van der Waals surface area (Å²) >= 11 is 0. The maximum Gasteiger partial charge on any atom is 0.336 e. The van der Waals surface area contributed by atoms with Crippen LogP contribution in [0.2, 0.25) is 0 Å². The third-order valence-electron chi connectivity index (χ3n) is 7.69. The number of nitrogens with zero attached hydrogens (tertiary/aromatic N) is 1. The van der Waals surface area contributed by atoms with E-state index in [0.29, 0.717) is 0 Å². The third-order valence-corrected chi connectivity index (χ3v) is 7.69. The van der Waals surface area contributed by atoms with Gasteiger partial charge in [0, 0.05) is 13.2 Å². The van der Waals surface area contributed by atoms with E-state index in [2.05, 4.69) is 59.6 Å². The molecule has 0 atom stereocenters. The molecular weight excluding hydrogens is 560 g/mol. The molecule has 4 rings (SSSR count). The minimum Gasteiger partial charge on any atom is -0.482 e. The first kappa shape index (κ1) is 33.5. The number of carboxylic acids is 3. The van der Waals surface area contributed by atoms with Crippen LogP contribution in [0.3, 0.4) is 0 Å². The largest absolute Gasteiger partial charge is 0.482 e.